The third-order valence-electron chi connectivity index (χ3n) is 23.7. The van der Waals surface area contributed by atoms with Gasteiger partial charge in [0.25, 0.3) is 0 Å². The van der Waals surface area contributed by atoms with Crippen molar-refractivity contribution in [2.24, 2.45) is 0 Å². The van der Waals surface area contributed by atoms with Crippen molar-refractivity contribution in [3.8, 4) is 0 Å². The lowest BCUT2D eigenvalue weighted by atomic mass is 9.84. The fraction of sp³-hybridized carbons (Fsp3) is 0.212. The van der Waals surface area contributed by atoms with Gasteiger partial charge in [0, 0.05) is 55.1 Å². The van der Waals surface area contributed by atoms with E-state index in [1.54, 1.807) is 22.3 Å². The quantitative estimate of drug-likeness (QED) is 0.0540. The highest BCUT2D eigenvalue weighted by molar-refractivity contribution is 6.43. The molecule has 4 aliphatic carbocycles. The van der Waals surface area contributed by atoms with Crippen LogP contribution < -0.4 is 9.80 Å². The van der Waals surface area contributed by atoms with Crippen molar-refractivity contribution < 1.29 is 0 Å². The van der Waals surface area contributed by atoms with Gasteiger partial charge >= 0.3 is 0 Å². The zero-order valence-corrected chi connectivity index (χ0v) is 61.7. The zero-order chi connectivity index (χ0) is 70.9. The summed E-state index contributed by atoms with van der Waals surface area (Å²) in [6, 6.07) is 98.1. The maximum absolute atomic E-state index is 2.55. The predicted octanol–water partition coefficient (Wildman–Crippen LogP) is 30.5. The molecule has 4 fully saturated rings. The number of hydrogen-bond acceptors (Lipinski definition) is 2. The summed E-state index contributed by atoms with van der Waals surface area (Å²) in [5.41, 5.74) is 30.5. The molecule has 0 unspecified atom stereocenters. The van der Waals surface area contributed by atoms with Gasteiger partial charge in [-0.25, -0.2) is 0 Å². The zero-order valence-electron chi connectivity index (χ0n) is 61.7. The van der Waals surface area contributed by atoms with Crippen molar-refractivity contribution in [3.05, 3.63) is 344 Å². The summed E-state index contributed by atoms with van der Waals surface area (Å²) in [5.74, 6) is 0. The number of benzene rings is 14. The Hall–Kier alpha value is -11.1. The average molecular weight is 1370 g/mol. The summed E-state index contributed by atoms with van der Waals surface area (Å²) in [5, 5.41) is 12.5. The van der Waals surface area contributed by atoms with E-state index in [0.717, 1.165) is 33.9 Å². The largest absolute Gasteiger partial charge is 0.309 e. The van der Waals surface area contributed by atoms with E-state index < -0.39 is 0 Å². The lowest BCUT2D eigenvalue weighted by Crippen LogP contribution is -2.13. The van der Waals surface area contributed by atoms with E-state index in [-0.39, 0.29) is 0 Å². The number of rotatable bonds is 16. The molecule has 0 heterocycles. The van der Waals surface area contributed by atoms with E-state index in [1.165, 1.54) is 260 Å². The van der Waals surface area contributed by atoms with Gasteiger partial charge in [-0.1, -0.05) is 290 Å². The first-order chi connectivity index (χ1) is 52.3. The predicted molar refractivity (Wildman–Crippen MR) is 459 cm³/mol. The van der Waals surface area contributed by atoms with Crippen LogP contribution in [0, 0.1) is 13.8 Å². The maximum atomic E-state index is 2.55. The second-order valence-corrected chi connectivity index (χ2v) is 31.1. The molecule has 520 valence electrons. The third kappa shape index (κ3) is 13.8. The Morgan fingerprint density at radius 3 is 0.774 bits per heavy atom. The Kier molecular flexibility index (Phi) is 18.8. The highest BCUT2D eigenvalue weighted by Crippen LogP contribution is 2.56. The van der Waals surface area contributed by atoms with Crippen LogP contribution in [0.1, 0.15) is 195 Å². The minimum atomic E-state index is 1.11. The highest BCUT2D eigenvalue weighted by Gasteiger charge is 2.29. The van der Waals surface area contributed by atoms with Crippen LogP contribution >= 0.6 is 0 Å². The molecule has 106 heavy (non-hydrogen) atoms. The number of nitrogens with zero attached hydrogens (tertiary/aromatic N) is 2. The summed E-state index contributed by atoms with van der Waals surface area (Å²) >= 11 is 0. The average Bonchev–Trinajstić information content (AvgIpc) is 0.684. The first kappa shape index (κ1) is 66.9. The second kappa shape index (κ2) is 29.8. The van der Waals surface area contributed by atoms with Gasteiger partial charge in [-0.05, 0) is 266 Å². The molecular weight excluding hydrogens is 1280 g/mol. The van der Waals surface area contributed by atoms with E-state index in [9.17, 15) is 0 Å². The molecule has 0 bridgehead atoms. The molecule has 0 aromatic heterocycles. The Labute approximate surface area is 627 Å². The van der Waals surface area contributed by atoms with Crippen LogP contribution in [0.4, 0.5) is 34.1 Å². The smallest absolute Gasteiger partial charge is 0.0619 e. The number of allylic oxidation sites excluding steroid dienone is 4. The van der Waals surface area contributed by atoms with Crippen molar-refractivity contribution >= 4 is 136 Å². The fourth-order valence-electron chi connectivity index (χ4n) is 18.1. The molecule has 0 amide bonds. The highest BCUT2D eigenvalue weighted by atomic mass is 15.2. The van der Waals surface area contributed by atoms with Crippen LogP contribution in [-0.4, -0.2) is 0 Å². The van der Waals surface area contributed by atoms with Crippen LogP contribution in [0.25, 0.3) is 101 Å². The molecule has 4 aliphatic rings. The van der Waals surface area contributed by atoms with E-state index in [2.05, 4.69) is 315 Å². The van der Waals surface area contributed by atoms with Crippen LogP contribution in [0.15, 0.2) is 277 Å². The molecule has 2 heteroatoms. The minimum Gasteiger partial charge on any atom is -0.309 e. The van der Waals surface area contributed by atoms with Gasteiger partial charge in [0.05, 0.1) is 11.4 Å². The van der Waals surface area contributed by atoms with Crippen molar-refractivity contribution in [1.82, 2.24) is 0 Å². The molecule has 0 spiro atoms. The summed E-state index contributed by atoms with van der Waals surface area (Å²) < 4.78 is 0. The second-order valence-electron chi connectivity index (χ2n) is 31.1. The molecule has 0 radical (unpaired) electrons. The summed E-state index contributed by atoms with van der Waals surface area (Å²) in [6.07, 6.45) is 40.2. The van der Waals surface area contributed by atoms with Crippen LogP contribution in [-0.2, 0) is 0 Å². The van der Waals surface area contributed by atoms with Crippen LogP contribution in [0.3, 0.4) is 0 Å². The van der Waals surface area contributed by atoms with Crippen molar-refractivity contribution in [2.45, 2.75) is 142 Å². The molecule has 0 N–H and O–H groups in total. The molecular formula is C104H94N2. The standard InChI is InChI=1S/C104H94N2/c1-71-29-55-89(56-30-71)105(91-59-41-81(42-60-91)69-97(83-45-33-77(34-46-83)65-73-17-7-3-8-18-73)84-47-35-78(36-48-84)66-74-19-9-4-10-20-74)103-93-27-15-25-87-54-64-96-102(99(87)93)101-95(103)63-53-88-26-16-28-94(100(88)101)104(96)106(90-57-31-72(2)32-58-90)92-61-43-82(44-62-92)70-98(85-49-37-79(38-50-85)67-75-21-11-5-12-22-75)86-51-39-80(40-52-86)68-76-23-13-6-14-24-76/h15-16,25-70H,3-14,17-24H2,1-2H3. The number of aryl methyl sites for hydroxylation is 2. The van der Waals surface area contributed by atoms with Crippen LogP contribution in [0.2, 0.25) is 0 Å². The van der Waals surface area contributed by atoms with E-state index in [4.69, 9.17) is 0 Å². The third-order valence-corrected chi connectivity index (χ3v) is 23.7. The van der Waals surface area contributed by atoms with E-state index in [0.29, 0.717) is 0 Å². The molecule has 0 aliphatic heterocycles. The van der Waals surface area contributed by atoms with E-state index >= 15 is 0 Å². The Morgan fingerprint density at radius 1 is 0.236 bits per heavy atom. The fourth-order valence-corrected chi connectivity index (χ4v) is 18.1. The van der Waals surface area contributed by atoms with Gasteiger partial charge in [-0.2, -0.15) is 0 Å². The molecule has 14 aromatic carbocycles. The first-order valence-corrected chi connectivity index (χ1v) is 39.8. The monoisotopic (exact) mass is 1370 g/mol. The Morgan fingerprint density at radius 2 is 0.491 bits per heavy atom. The van der Waals surface area contributed by atoms with Gasteiger partial charge in [-0.15, -0.1) is 0 Å². The Balaban J connectivity index is 0.759. The van der Waals surface area contributed by atoms with Gasteiger partial charge in [0.1, 0.15) is 0 Å². The lowest BCUT2D eigenvalue weighted by Gasteiger charge is -2.33. The van der Waals surface area contributed by atoms with Gasteiger partial charge in [-0.3, -0.25) is 0 Å². The summed E-state index contributed by atoms with van der Waals surface area (Å²) in [7, 11) is 0. The normalized spacial score (nSPS) is 15.0. The van der Waals surface area contributed by atoms with E-state index in [1.807, 2.05) is 0 Å². The molecule has 14 aromatic rings. The van der Waals surface area contributed by atoms with Crippen molar-refractivity contribution in [2.75, 3.05) is 9.80 Å². The number of anilines is 6. The molecule has 2 nitrogen and oxygen atoms in total. The first-order valence-electron chi connectivity index (χ1n) is 39.8. The maximum Gasteiger partial charge on any atom is 0.0619 e. The molecule has 0 atom stereocenters. The van der Waals surface area contributed by atoms with Crippen molar-refractivity contribution in [3.63, 3.8) is 0 Å². The van der Waals surface area contributed by atoms with Crippen molar-refractivity contribution in [1.29, 1.82) is 0 Å². The molecule has 4 saturated carbocycles. The Bertz CT molecular complexity index is 5160. The molecule has 18 rings (SSSR count). The number of hydrogen-bond donors (Lipinski definition) is 0. The van der Waals surface area contributed by atoms with Gasteiger partial charge in [0.2, 0.25) is 0 Å². The summed E-state index contributed by atoms with van der Waals surface area (Å²) in [6.45, 7) is 4.39. The van der Waals surface area contributed by atoms with Gasteiger partial charge < -0.3 is 9.80 Å². The lowest BCUT2D eigenvalue weighted by molar-refractivity contribution is 0.602. The minimum absolute atomic E-state index is 1.11. The van der Waals surface area contributed by atoms with Crippen LogP contribution in [0.5, 0.6) is 0 Å². The summed E-state index contributed by atoms with van der Waals surface area (Å²) in [4.78, 5) is 5.10. The SMILES string of the molecule is Cc1ccc(N(c2ccc(C=C(c3ccc(C=C4CCCCC4)cc3)c3ccc(C=C4CCCCC4)cc3)cc2)c2c3cccc4ccc5c(N(c6ccc(C)cc6)c6ccc(C=C(c7ccc(C=C8CCCCC8)cc7)c7ccc(C=C8CCCCC8)cc7)cc6)c6cccc7ccc2c(c76)c5c43)cc1. The molecule has 0 saturated heterocycles. The topological polar surface area (TPSA) is 6.48 Å². The van der Waals surface area contributed by atoms with Gasteiger partial charge in [0.15, 0.2) is 0 Å².